The van der Waals surface area contributed by atoms with Gasteiger partial charge in [-0.25, -0.2) is 0 Å². The first-order valence-electron chi connectivity index (χ1n) is 5.94. The van der Waals surface area contributed by atoms with Gasteiger partial charge in [-0.2, -0.15) is 0 Å². The zero-order valence-corrected chi connectivity index (χ0v) is 9.70. The van der Waals surface area contributed by atoms with Crippen LogP contribution in [-0.2, 0) is 4.74 Å². The van der Waals surface area contributed by atoms with Gasteiger partial charge in [-0.1, -0.05) is 27.2 Å². The molecule has 1 fully saturated rings. The van der Waals surface area contributed by atoms with Crippen LogP contribution in [0.1, 0.15) is 46.5 Å². The van der Waals surface area contributed by atoms with E-state index in [1.165, 1.54) is 0 Å². The highest BCUT2D eigenvalue weighted by Crippen LogP contribution is 2.28. The molecule has 0 aromatic carbocycles. The molecule has 3 unspecified atom stereocenters. The minimum atomic E-state index is -0.106. The van der Waals surface area contributed by atoms with Gasteiger partial charge in [0.1, 0.15) is 0 Å². The summed E-state index contributed by atoms with van der Waals surface area (Å²) < 4.78 is 5.69. The average Bonchev–Trinajstić information content (AvgIpc) is 2.18. The van der Waals surface area contributed by atoms with Gasteiger partial charge in [-0.15, -0.1) is 0 Å². The quantitative estimate of drug-likeness (QED) is 0.756. The third-order valence-corrected chi connectivity index (χ3v) is 3.23. The second kappa shape index (κ2) is 5.72. The van der Waals surface area contributed by atoms with Crippen molar-refractivity contribution in [2.45, 2.75) is 58.7 Å². The Hall–Kier alpha value is -0.0800. The molecule has 0 aromatic heterocycles. The standard InChI is InChI=1S/C12H24O2/c1-4-5-11(13)10-6-7-14-12(8-10)9(2)3/h9-13H,4-8H2,1-3H3. The van der Waals surface area contributed by atoms with Crippen LogP contribution < -0.4 is 0 Å². The molecule has 1 N–H and O–H groups in total. The molecule has 1 rings (SSSR count). The van der Waals surface area contributed by atoms with Gasteiger partial charge in [0.05, 0.1) is 12.2 Å². The maximum Gasteiger partial charge on any atom is 0.0601 e. The van der Waals surface area contributed by atoms with Gasteiger partial charge in [-0.3, -0.25) is 0 Å². The lowest BCUT2D eigenvalue weighted by Crippen LogP contribution is -2.35. The molecule has 1 saturated heterocycles. The summed E-state index contributed by atoms with van der Waals surface area (Å²) in [6, 6.07) is 0. The maximum absolute atomic E-state index is 9.92. The van der Waals surface area contributed by atoms with E-state index in [1.54, 1.807) is 0 Å². The van der Waals surface area contributed by atoms with E-state index in [9.17, 15) is 5.11 Å². The predicted molar refractivity (Wildman–Crippen MR) is 58.2 cm³/mol. The molecule has 0 bridgehead atoms. The van der Waals surface area contributed by atoms with Crippen molar-refractivity contribution in [1.29, 1.82) is 0 Å². The van der Waals surface area contributed by atoms with E-state index in [2.05, 4.69) is 20.8 Å². The summed E-state index contributed by atoms with van der Waals surface area (Å²) in [5, 5.41) is 9.92. The molecule has 0 aromatic rings. The second-order valence-electron chi connectivity index (χ2n) is 4.79. The minimum Gasteiger partial charge on any atom is -0.393 e. The van der Waals surface area contributed by atoms with E-state index >= 15 is 0 Å². The van der Waals surface area contributed by atoms with Crippen LogP contribution in [0.4, 0.5) is 0 Å². The van der Waals surface area contributed by atoms with Crippen molar-refractivity contribution in [3.63, 3.8) is 0 Å². The normalized spacial score (nSPS) is 30.6. The third kappa shape index (κ3) is 3.25. The van der Waals surface area contributed by atoms with Crippen molar-refractivity contribution in [3.8, 4) is 0 Å². The van der Waals surface area contributed by atoms with E-state index in [0.717, 1.165) is 32.3 Å². The van der Waals surface area contributed by atoms with Crippen LogP contribution in [0.25, 0.3) is 0 Å². The van der Waals surface area contributed by atoms with Crippen LogP contribution >= 0.6 is 0 Å². The Morgan fingerprint density at radius 2 is 2.14 bits per heavy atom. The zero-order valence-electron chi connectivity index (χ0n) is 9.70. The fraction of sp³-hybridized carbons (Fsp3) is 1.00. The summed E-state index contributed by atoms with van der Waals surface area (Å²) in [6.07, 6.45) is 4.34. The molecule has 0 amide bonds. The smallest absolute Gasteiger partial charge is 0.0601 e. The highest BCUT2D eigenvalue weighted by atomic mass is 16.5. The molecule has 2 heteroatoms. The predicted octanol–water partition coefficient (Wildman–Crippen LogP) is 2.60. The fourth-order valence-electron chi connectivity index (χ4n) is 2.20. The molecule has 0 radical (unpaired) electrons. The lowest BCUT2D eigenvalue weighted by Gasteiger charge is -2.34. The van der Waals surface area contributed by atoms with Gasteiger partial charge in [0.2, 0.25) is 0 Å². The zero-order chi connectivity index (χ0) is 10.6. The first-order valence-corrected chi connectivity index (χ1v) is 5.94. The van der Waals surface area contributed by atoms with Crippen molar-refractivity contribution in [1.82, 2.24) is 0 Å². The summed E-state index contributed by atoms with van der Waals surface area (Å²) in [5.41, 5.74) is 0. The number of rotatable bonds is 4. The molecule has 1 aliphatic heterocycles. The van der Waals surface area contributed by atoms with Gasteiger partial charge in [-0.05, 0) is 31.1 Å². The fourth-order valence-corrected chi connectivity index (χ4v) is 2.20. The Labute approximate surface area is 87.7 Å². The molecule has 0 spiro atoms. The molecular weight excluding hydrogens is 176 g/mol. The van der Waals surface area contributed by atoms with Crippen LogP contribution in [-0.4, -0.2) is 23.9 Å². The topological polar surface area (TPSA) is 29.5 Å². The molecule has 2 nitrogen and oxygen atoms in total. The van der Waals surface area contributed by atoms with Gasteiger partial charge in [0.15, 0.2) is 0 Å². The number of ether oxygens (including phenoxy) is 1. The van der Waals surface area contributed by atoms with E-state index in [0.29, 0.717) is 17.9 Å². The van der Waals surface area contributed by atoms with Gasteiger partial charge >= 0.3 is 0 Å². The lowest BCUT2D eigenvalue weighted by molar-refractivity contribution is -0.0636. The summed E-state index contributed by atoms with van der Waals surface area (Å²) in [4.78, 5) is 0. The molecular formula is C12H24O2. The SMILES string of the molecule is CCCC(O)C1CCOC(C(C)C)C1. The molecule has 1 aliphatic rings. The Bertz CT molecular complexity index is 156. The summed E-state index contributed by atoms with van der Waals surface area (Å²) in [5.74, 6) is 1.04. The van der Waals surface area contributed by atoms with Gasteiger partial charge in [0.25, 0.3) is 0 Å². The van der Waals surface area contributed by atoms with Gasteiger partial charge < -0.3 is 9.84 Å². The third-order valence-electron chi connectivity index (χ3n) is 3.23. The summed E-state index contributed by atoms with van der Waals surface area (Å²) in [7, 11) is 0. The van der Waals surface area contributed by atoms with Crippen LogP contribution in [0.2, 0.25) is 0 Å². The van der Waals surface area contributed by atoms with Crippen LogP contribution in [0.5, 0.6) is 0 Å². The lowest BCUT2D eigenvalue weighted by atomic mass is 9.85. The Morgan fingerprint density at radius 1 is 1.43 bits per heavy atom. The number of hydrogen-bond acceptors (Lipinski definition) is 2. The highest BCUT2D eigenvalue weighted by molar-refractivity contribution is 4.78. The minimum absolute atomic E-state index is 0.106. The van der Waals surface area contributed by atoms with Crippen LogP contribution in [0.3, 0.4) is 0 Å². The summed E-state index contributed by atoms with van der Waals surface area (Å²) in [6.45, 7) is 7.34. The number of aliphatic hydroxyl groups is 1. The second-order valence-corrected chi connectivity index (χ2v) is 4.79. The first kappa shape index (κ1) is 12.0. The molecule has 1 heterocycles. The first-order chi connectivity index (χ1) is 6.65. The Balaban J connectivity index is 2.39. The van der Waals surface area contributed by atoms with Crippen molar-refractivity contribution in [2.75, 3.05) is 6.61 Å². The van der Waals surface area contributed by atoms with Gasteiger partial charge in [0, 0.05) is 6.61 Å². The Kier molecular flexibility index (Phi) is 4.90. The number of hydrogen-bond donors (Lipinski definition) is 1. The maximum atomic E-state index is 9.92. The highest BCUT2D eigenvalue weighted by Gasteiger charge is 2.28. The largest absolute Gasteiger partial charge is 0.393 e. The van der Waals surface area contributed by atoms with Crippen LogP contribution in [0.15, 0.2) is 0 Å². The van der Waals surface area contributed by atoms with Crippen molar-refractivity contribution < 1.29 is 9.84 Å². The molecule has 84 valence electrons. The number of aliphatic hydroxyl groups excluding tert-OH is 1. The van der Waals surface area contributed by atoms with E-state index in [1.807, 2.05) is 0 Å². The summed E-state index contributed by atoms with van der Waals surface area (Å²) >= 11 is 0. The average molecular weight is 200 g/mol. The molecule has 3 atom stereocenters. The van der Waals surface area contributed by atoms with Crippen molar-refractivity contribution in [2.24, 2.45) is 11.8 Å². The van der Waals surface area contributed by atoms with E-state index < -0.39 is 0 Å². The monoisotopic (exact) mass is 200 g/mol. The molecule has 0 saturated carbocycles. The molecule has 0 aliphatic carbocycles. The van der Waals surface area contributed by atoms with Crippen molar-refractivity contribution in [3.05, 3.63) is 0 Å². The van der Waals surface area contributed by atoms with E-state index in [4.69, 9.17) is 4.74 Å². The molecule has 14 heavy (non-hydrogen) atoms. The van der Waals surface area contributed by atoms with Crippen LogP contribution in [0, 0.1) is 11.8 Å². The van der Waals surface area contributed by atoms with E-state index in [-0.39, 0.29) is 6.10 Å². The Morgan fingerprint density at radius 3 is 2.71 bits per heavy atom. The van der Waals surface area contributed by atoms with Crippen molar-refractivity contribution >= 4 is 0 Å².